The summed E-state index contributed by atoms with van der Waals surface area (Å²) in [6, 6.07) is 0. The van der Waals surface area contributed by atoms with Crippen LogP contribution in [-0.2, 0) is 14.3 Å². The third-order valence-corrected chi connectivity index (χ3v) is 4.55. The summed E-state index contributed by atoms with van der Waals surface area (Å²) in [6.07, 6.45) is 3.18. The van der Waals surface area contributed by atoms with Crippen molar-refractivity contribution in [1.29, 1.82) is 0 Å². The van der Waals surface area contributed by atoms with Gasteiger partial charge in [0.25, 0.3) is 0 Å². The van der Waals surface area contributed by atoms with Crippen molar-refractivity contribution in [2.24, 2.45) is 16.7 Å². The maximum Gasteiger partial charge on any atom is 0.313 e. The molecule has 5 heteroatoms. The van der Waals surface area contributed by atoms with E-state index in [9.17, 15) is 9.59 Å². The summed E-state index contributed by atoms with van der Waals surface area (Å²) in [7, 11) is 1.37. The molecular formula is C14H24N2O3. The van der Waals surface area contributed by atoms with E-state index in [1.165, 1.54) is 7.11 Å². The number of ether oxygens (including phenoxy) is 1. The van der Waals surface area contributed by atoms with E-state index in [4.69, 9.17) is 4.74 Å². The predicted octanol–water partition coefficient (Wildman–Crippen LogP) is 0.691. The normalized spacial score (nSPS) is 24.9. The zero-order chi connectivity index (χ0) is 14.1. The van der Waals surface area contributed by atoms with Gasteiger partial charge in [0, 0.05) is 12.5 Å². The quantitative estimate of drug-likeness (QED) is 0.736. The summed E-state index contributed by atoms with van der Waals surface area (Å²) >= 11 is 0. The number of methoxy groups -OCH3 is 1. The van der Waals surface area contributed by atoms with E-state index in [2.05, 4.69) is 10.6 Å². The van der Waals surface area contributed by atoms with Gasteiger partial charge in [-0.05, 0) is 51.6 Å². The van der Waals surface area contributed by atoms with Crippen molar-refractivity contribution in [3.63, 3.8) is 0 Å². The molecule has 0 aromatic carbocycles. The van der Waals surface area contributed by atoms with E-state index < -0.39 is 5.41 Å². The lowest BCUT2D eigenvalue weighted by Crippen LogP contribution is -2.41. The van der Waals surface area contributed by atoms with Crippen LogP contribution in [0.15, 0.2) is 0 Å². The predicted molar refractivity (Wildman–Crippen MR) is 71.5 cm³/mol. The molecule has 2 aliphatic rings. The standard InChI is InChI=1S/C14H24N2O3/c1-13(2,12(18)19-3)9-16-11(17)10-8-14(10)4-6-15-7-5-14/h10,15H,4-9H2,1-3H3,(H,16,17). The van der Waals surface area contributed by atoms with E-state index in [1.54, 1.807) is 13.8 Å². The molecule has 1 aliphatic heterocycles. The van der Waals surface area contributed by atoms with Gasteiger partial charge >= 0.3 is 5.97 Å². The number of hydrogen-bond acceptors (Lipinski definition) is 4. The number of amides is 1. The maximum atomic E-state index is 12.2. The number of carbonyl (C=O) groups excluding carboxylic acids is 2. The smallest absolute Gasteiger partial charge is 0.313 e. The van der Waals surface area contributed by atoms with E-state index in [-0.39, 0.29) is 23.2 Å². The molecule has 1 heterocycles. The van der Waals surface area contributed by atoms with Crippen molar-refractivity contribution in [1.82, 2.24) is 10.6 Å². The van der Waals surface area contributed by atoms with Gasteiger partial charge in [0.1, 0.15) is 0 Å². The van der Waals surface area contributed by atoms with Crippen molar-refractivity contribution < 1.29 is 14.3 Å². The van der Waals surface area contributed by atoms with Gasteiger partial charge in [-0.2, -0.15) is 0 Å². The Hall–Kier alpha value is -1.10. The van der Waals surface area contributed by atoms with Crippen LogP contribution in [0.1, 0.15) is 33.1 Å². The highest BCUT2D eigenvalue weighted by Gasteiger charge is 2.57. The van der Waals surface area contributed by atoms with E-state index in [0.29, 0.717) is 6.54 Å². The maximum absolute atomic E-state index is 12.2. The number of piperidine rings is 1. The van der Waals surface area contributed by atoms with Crippen molar-refractivity contribution in [2.45, 2.75) is 33.1 Å². The highest BCUT2D eigenvalue weighted by molar-refractivity contribution is 5.84. The lowest BCUT2D eigenvalue weighted by molar-refractivity contribution is -0.150. The van der Waals surface area contributed by atoms with Gasteiger partial charge in [-0.25, -0.2) is 0 Å². The van der Waals surface area contributed by atoms with Crippen molar-refractivity contribution in [2.75, 3.05) is 26.7 Å². The SMILES string of the molecule is COC(=O)C(C)(C)CNC(=O)C1CC12CCNCC2. The summed E-state index contributed by atoms with van der Waals surface area (Å²) < 4.78 is 4.73. The van der Waals surface area contributed by atoms with Crippen LogP contribution in [0.5, 0.6) is 0 Å². The number of nitrogens with one attached hydrogen (secondary N) is 2. The molecule has 1 saturated heterocycles. The van der Waals surface area contributed by atoms with Gasteiger partial charge in [0.05, 0.1) is 12.5 Å². The molecule has 0 radical (unpaired) electrons. The van der Waals surface area contributed by atoms with Gasteiger partial charge in [0.15, 0.2) is 0 Å². The van der Waals surface area contributed by atoms with Crippen molar-refractivity contribution in [3.8, 4) is 0 Å². The molecule has 1 aliphatic carbocycles. The topological polar surface area (TPSA) is 67.4 Å². The Labute approximate surface area is 114 Å². The van der Waals surface area contributed by atoms with E-state index in [1.807, 2.05) is 0 Å². The molecule has 0 aromatic rings. The molecule has 19 heavy (non-hydrogen) atoms. The van der Waals surface area contributed by atoms with Gasteiger partial charge in [0.2, 0.25) is 5.91 Å². The van der Waals surface area contributed by atoms with Gasteiger partial charge < -0.3 is 15.4 Å². The average Bonchev–Trinajstić information content (AvgIpc) is 3.09. The summed E-state index contributed by atoms with van der Waals surface area (Å²) in [6.45, 7) is 5.93. The highest BCUT2D eigenvalue weighted by Crippen LogP contribution is 2.58. The van der Waals surface area contributed by atoms with Gasteiger partial charge in [-0.15, -0.1) is 0 Å². The molecule has 1 unspecified atom stereocenters. The largest absolute Gasteiger partial charge is 0.469 e. The molecule has 0 bridgehead atoms. The van der Waals surface area contributed by atoms with Crippen LogP contribution in [-0.4, -0.2) is 38.6 Å². The molecule has 1 spiro atoms. The molecule has 1 saturated carbocycles. The summed E-state index contributed by atoms with van der Waals surface area (Å²) in [5.41, 5.74) is -0.425. The monoisotopic (exact) mass is 268 g/mol. The van der Waals surface area contributed by atoms with Crippen LogP contribution in [0, 0.1) is 16.7 Å². The molecule has 2 N–H and O–H groups in total. The minimum absolute atomic E-state index is 0.0962. The Morgan fingerprint density at radius 1 is 1.37 bits per heavy atom. The summed E-state index contributed by atoms with van der Waals surface area (Å²) in [4.78, 5) is 23.7. The van der Waals surface area contributed by atoms with Crippen LogP contribution >= 0.6 is 0 Å². The number of esters is 1. The molecular weight excluding hydrogens is 244 g/mol. The average molecular weight is 268 g/mol. The van der Waals surface area contributed by atoms with Gasteiger partial charge in [-0.3, -0.25) is 9.59 Å². The lowest BCUT2D eigenvalue weighted by Gasteiger charge is -2.24. The number of hydrogen-bond donors (Lipinski definition) is 2. The molecule has 108 valence electrons. The fourth-order valence-corrected chi connectivity index (χ4v) is 2.98. The fraction of sp³-hybridized carbons (Fsp3) is 0.857. The highest BCUT2D eigenvalue weighted by atomic mass is 16.5. The molecule has 1 atom stereocenters. The van der Waals surface area contributed by atoms with Crippen molar-refractivity contribution in [3.05, 3.63) is 0 Å². The zero-order valence-corrected chi connectivity index (χ0v) is 12.0. The van der Waals surface area contributed by atoms with Crippen LogP contribution in [0.4, 0.5) is 0 Å². The number of carbonyl (C=O) groups is 2. The fourth-order valence-electron chi connectivity index (χ4n) is 2.98. The van der Waals surface area contributed by atoms with Crippen LogP contribution in [0.3, 0.4) is 0 Å². The first-order chi connectivity index (χ1) is 8.91. The second-order valence-corrected chi connectivity index (χ2v) is 6.46. The van der Waals surface area contributed by atoms with E-state index >= 15 is 0 Å². The Morgan fingerprint density at radius 2 is 2.00 bits per heavy atom. The van der Waals surface area contributed by atoms with E-state index in [0.717, 1.165) is 32.4 Å². The minimum atomic E-state index is -0.666. The first-order valence-electron chi connectivity index (χ1n) is 6.98. The summed E-state index contributed by atoms with van der Waals surface area (Å²) in [5.74, 6) is -0.0536. The Kier molecular flexibility index (Phi) is 3.85. The Bertz CT molecular complexity index is 373. The first-order valence-corrected chi connectivity index (χ1v) is 6.98. The molecule has 0 aromatic heterocycles. The third-order valence-electron chi connectivity index (χ3n) is 4.55. The minimum Gasteiger partial charge on any atom is -0.469 e. The number of rotatable bonds is 4. The van der Waals surface area contributed by atoms with Crippen LogP contribution < -0.4 is 10.6 Å². The third kappa shape index (κ3) is 2.91. The zero-order valence-electron chi connectivity index (χ0n) is 12.0. The first kappa shape index (κ1) is 14.3. The van der Waals surface area contributed by atoms with Gasteiger partial charge in [-0.1, -0.05) is 0 Å². The Morgan fingerprint density at radius 3 is 2.58 bits per heavy atom. The molecule has 2 fully saturated rings. The molecule has 5 nitrogen and oxygen atoms in total. The Balaban J connectivity index is 1.81. The second-order valence-electron chi connectivity index (χ2n) is 6.46. The van der Waals surface area contributed by atoms with Crippen LogP contribution in [0.2, 0.25) is 0 Å². The molecule has 1 amide bonds. The van der Waals surface area contributed by atoms with Crippen LogP contribution in [0.25, 0.3) is 0 Å². The second kappa shape index (κ2) is 5.12. The molecule has 2 rings (SSSR count). The van der Waals surface area contributed by atoms with Crippen molar-refractivity contribution >= 4 is 11.9 Å². The lowest BCUT2D eigenvalue weighted by atomic mass is 9.91. The summed E-state index contributed by atoms with van der Waals surface area (Å²) in [5, 5.41) is 6.24.